The molecule has 0 saturated carbocycles. The van der Waals surface area contributed by atoms with Crippen molar-refractivity contribution in [2.24, 2.45) is 5.10 Å². The molecule has 0 radical (unpaired) electrons. The van der Waals surface area contributed by atoms with Gasteiger partial charge < -0.3 is 8.83 Å². The van der Waals surface area contributed by atoms with E-state index >= 15 is 0 Å². The fraction of sp³-hybridized carbons (Fsp3) is 0.0588. The standard InChI is InChI=1S/C17H10ClF3N2O3/c18-13-5-3-10(8-12(13)17(19,20)21)14-6-4-11(26-14)9-22-23-16(24)15-2-1-7-25-15/h1-9H,(H,23,24)/b22-9-. The number of nitrogens with zero attached hydrogens (tertiary/aromatic N) is 1. The van der Waals surface area contributed by atoms with Gasteiger partial charge in [0.15, 0.2) is 5.76 Å². The van der Waals surface area contributed by atoms with Gasteiger partial charge in [-0.05, 0) is 42.5 Å². The smallest absolute Gasteiger partial charge is 0.417 e. The molecular formula is C17H10ClF3N2O3. The summed E-state index contributed by atoms with van der Waals surface area (Å²) in [5.74, 6) is -0.0251. The quantitative estimate of drug-likeness (QED) is 0.511. The van der Waals surface area contributed by atoms with Crippen LogP contribution in [0.4, 0.5) is 13.2 Å². The maximum atomic E-state index is 12.9. The average molecular weight is 383 g/mol. The zero-order valence-corrected chi connectivity index (χ0v) is 13.6. The number of hydrazone groups is 1. The largest absolute Gasteiger partial charge is 0.459 e. The molecule has 0 aliphatic carbocycles. The van der Waals surface area contributed by atoms with Gasteiger partial charge >= 0.3 is 12.1 Å². The number of furan rings is 2. The van der Waals surface area contributed by atoms with Crippen LogP contribution in [0.5, 0.6) is 0 Å². The zero-order chi connectivity index (χ0) is 18.7. The first kappa shape index (κ1) is 17.8. The van der Waals surface area contributed by atoms with Crippen LogP contribution in [0.2, 0.25) is 5.02 Å². The number of amides is 1. The van der Waals surface area contributed by atoms with Crippen molar-refractivity contribution < 1.29 is 26.8 Å². The predicted molar refractivity (Wildman–Crippen MR) is 87.9 cm³/mol. The van der Waals surface area contributed by atoms with Gasteiger partial charge in [-0.25, -0.2) is 5.43 Å². The van der Waals surface area contributed by atoms with Crippen molar-refractivity contribution in [3.63, 3.8) is 0 Å². The van der Waals surface area contributed by atoms with Crippen molar-refractivity contribution in [1.29, 1.82) is 0 Å². The number of nitrogens with one attached hydrogen (secondary N) is 1. The number of halogens is 4. The Morgan fingerprint density at radius 3 is 2.69 bits per heavy atom. The number of benzene rings is 1. The van der Waals surface area contributed by atoms with E-state index in [9.17, 15) is 18.0 Å². The van der Waals surface area contributed by atoms with Gasteiger partial charge in [-0.15, -0.1) is 0 Å². The second-order valence-electron chi connectivity index (χ2n) is 5.07. The number of alkyl halides is 3. The van der Waals surface area contributed by atoms with Crippen molar-refractivity contribution in [3.8, 4) is 11.3 Å². The fourth-order valence-electron chi connectivity index (χ4n) is 2.09. The van der Waals surface area contributed by atoms with Gasteiger partial charge in [0.2, 0.25) is 0 Å². The molecule has 0 bridgehead atoms. The van der Waals surface area contributed by atoms with Crippen LogP contribution >= 0.6 is 11.6 Å². The van der Waals surface area contributed by atoms with Crippen LogP contribution < -0.4 is 5.43 Å². The predicted octanol–water partition coefficient (Wildman–Crippen LogP) is 4.98. The van der Waals surface area contributed by atoms with Crippen LogP contribution in [-0.4, -0.2) is 12.1 Å². The molecule has 9 heteroatoms. The van der Waals surface area contributed by atoms with Crippen molar-refractivity contribution in [2.75, 3.05) is 0 Å². The Hall–Kier alpha value is -3.00. The lowest BCUT2D eigenvalue weighted by molar-refractivity contribution is -0.137. The summed E-state index contributed by atoms with van der Waals surface area (Å²) >= 11 is 5.59. The average Bonchev–Trinajstić information content (AvgIpc) is 3.26. The summed E-state index contributed by atoms with van der Waals surface area (Å²) in [6.45, 7) is 0. The van der Waals surface area contributed by atoms with E-state index in [1.54, 1.807) is 6.07 Å². The SMILES string of the molecule is O=C(N/N=C\c1ccc(-c2ccc(Cl)c(C(F)(F)F)c2)o1)c1ccco1. The summed E-state index contributed by atoms with van der Waals surface area (Å²) in [5.41, 5.74) is 1.49. The van der Waals surface area contributed by atoms with Gasteiger partial charge in [0, 0.05) is 5.56 Å². The highest BCUT2D eigenvalue weighted by Crippen LogP contribution is 2.37. The molecule has 134 valence electrons. The van der Waals surface area contributed by atoms with Gasteiger partial charge in [0.1, 0.15) is 11.5 Å². The van der Waals surface area contributed by atoms with E-state index in [2.05, 4.69) is 10.5 Å². The second-order valence-corrected chi connectivity index (χ2v) is 5.48. The molecule has 0 aliphatic heterocycles. The highest BCUT2D eigenvalue weighted by molar-refractivity contribution is 6.31. The molecule has 1 aromatic carbocycles. The molecule has 2 aromatic heterocycles. The Morgan fingerprint density at radius 1 is 1.19 bits per heavy atom. The molecule has 2 heterocycles. The molecule has 1 amide bonds. The summed E-state index contributed by atoms with van der Waals surface area (Å²) in [7, 11) is 0. The third-order valence-electron chi connectivity index (χ3n) is 3.29. The molecular weight excluding hydrogens is 373 g/mol. The van der Waals surface area contributed by atoms with Crippen LogP contribution in [0.15, 0.2) is 62.7 Å². The van der Waals surface area contributed by atoms with Crippen LogP contribution in [0.25, 0.3) is 11.3 Å². The lowest BCUT2D eigenvalue weighted by Crippen LogP contribution is -2.16. The minimum absolute atomic E-state index is 0.0862. The Bertz CT molecular complexity index is 947. The first-order valence-electron chi connectivity index (χ1n) is 7.18. The summed E-state index contributed by atoms with van der Waals surface area (Å²) in [6, 6.07) is 9.47. The van der Waals surface area contributed by atoms with E-state index in [4.69, 9.17) is 20.4 Å². The van der Waals surface area contributed by atoms with Gasteiger partial charge in [0.25, 0.3) is 0 Å². The first-order chi connectivity index (χ1) is 12.3. The third kappa shape index (κ3) is 3.97. The summed E-state index contributed by atoms with van der Waals surface area (Å²) in [4.78, 5) is 11.6. The highest BCUT2D eigenvalue weighted by atomic mass is 35.5. The van der Waals surface area contributed by atoms with Crippen LogP contribution in [-0.2, 0) is 6.18 Å². The molecule has 0 saturated heterocycles. The van der Waals surface area contributed by atoms with Crippen LogP contribution in [0.1, 0.15) is 21.9 Å². The Morgan fingerprint density at radius 2 is 2.00 bits per heavy atom. The number of carbonyl (C=O) groups excluding carboxylic acids is 1. The molecule has 1 N–H and O–H groups in total. The van der Waals surface area contributed by atoms with Crippen LogP contribution in [0, 0.1) is 0 Å². The first-order valence-corrected chi connectivity index (χ1v) is 7.56. The molecule has 26 heavy (non-hydrogen) atoms. The molecule has 0 atom stereocenters. The topological polar surface area (TPSA) is 67.7 Å². The van der Waals surface area contributed by atoms with E-state index in [1.165, 1.54) is 36.7 Å². The van der Waals surface area contributed by atoms with Crippen molar-refractivity contribution in [2.45, 2.75) is 6.18 Å². The van der Waals surface area contributed by atoms with E-state index in [-0.39, 0.29) is 22.8 Å². The lowest BCUT2D eigenvalue weighted by Gasteiger charge is -2.09. The van der Waals surface area contributed by atoms with Gasteiger partial charge in [-0.2, -0.15) is 18.3 Å². The van der Waals surface area contributed by atoms with Gasteiger partial charge in [0.05, 0.1) is 23.1 Å². The molecule has 0 fully saturated rings. The van der Waals surface area contributed by atoms with Crippen LogP contribution in [0.3, 0.4) is 0 Å². The number of hydrogen-bond donors (Lipinski definition) is 1. The molecule has 5 nitrogen and oxygen atoms in total. The Labute approximate surface area is 150 Å². The molecule has 0 unspecified atom stereocenters. The van der Waals surface area contributed by atoms with Gasteiger partial charge in [-0.1, -0.05) is 11.6 Å². The highest BCUT2D eigenvalue weighted by Gasteiger charge is 2.33. The minimum Gasteiger partial charge on any atom is -0.459 e. The Kier molecular flexibility index (Phi) is 4.85. The summed E-state index contributed by atoms with van der Waals surface area (Å²) in [6.07, 6.45) is -2.01. The van der Waals surface area contributed by atoms with Crippen molar-refractivity contribution in [3.05, 3.63) is 70.8 Å². The maximum absolute atomic E-state index is 12.9. The van der Waals surface area contributed by atoms with Gasteiger partial charge in [-0.3, -0.25) is 4.79 Å². The normalized spacial score (nSPS) is 11.8. The fourth-order valence-corrected chi connectivity index (χ4v) is 2.32. The lowest BCUT2D eigenvalue weighted by atomic mass is 10.1. The maximum Gasteiger partial charge on any atom is 0.417 e. The second kappa shape index (κ2) is 7.09. The van der Waals surface area contributed by atoms with E-state index in [0.29, 0.717) is 0 Å². The van der Waals surface area contributed by atoms with E-state index in [0.717, 1.165) is 12.1 Å². The third-order valence-corrected chi connectivity index (χ3v) is 3.62. The number of rotatable bonds is 4. The number of carbonyl (C=O) groups is 1. The molecule has 3 rings (SSSR count). The van der Waals surface area contributed by atoms with E-state index < -0.39 is 22.7 Å². The van der Waals surface area contributed by atoms with E-state index in [1.807, 2.05) is 0 Å². The molecule has 3 aromatic rings. The number of hydrogen-bond acceptors (Lipinski definition) is 4. The van der Waals surface area contributed by atoms with Crippen molar-refractivity contribution in [1.82, 2.24) is 5.43 Å². The molecule has 0 spiro atoms. The zero-order valence-electron chi connectivity index (χ0n) is 12.9. The minimum atomic E-state index is -4.57. The van der Waals surface area contributed by atoms with Crippen molar-refractivity contribution >= 4 is 23.7 Å². The summed E-state index contributed by atoms with van der Waals surface area (Å²) < 4.78 is 49.1. The molecule has 0 aliphatic rings. The monoisotopic (exact) mass is 382 g/mol. The summed E-state index contributed by atoms with van der Waals surface area (Å²) in [5, 5.41) is 3.30. The Balaban J connectivity index is 1.74.